The molecule has 1 amide bonds. The van der Waals surface area contributed by atoms with Crippen molar-refractivity contribution in [3.63, 3.8) is 0 Å². The number of aromatic nitrogens is 3. The number of benzene rings is 3. The molecule has 0 aliphatic rings. The Morgan fingerprint density at radius 3 is 2.46 bits per heavy atom. The second-order valence-electron chi connectivity index (χ2n) is 9.26. The highest BCUT2D eigenvalue weighted by Gasteiger charge is 2.16. The number of fused-ring (bicyclic) bond motifs is 2. The summed E-state index contributed by atoms with van der Waals surface area (Å²) >= 11 is 0. The number of hydrogen-bond donors (Lipinski definition) is 4. The van der Waals surface area contributed by atoms with Crippen LogP contribution in [0.25, 0.3) is 33.3 Å². The maximum atomic E-state index is 12.9. The summed E-state index contributed by atoms with van der Waals surface area (Å²) in [6.45, 7) is 3.99. The van der Waals surface area contributed by atoms with Gasteiger partial charge in [-0.15, -0.1) is 0 Å². The molecule has 8 nitrogen and oxygen atoms in total. The number of carbonyl (C=O) groups excluding carboxylic acids is 1. The van der Waals surface area contributed by atoms with Gasteiger partial charge in [-0.3, -0.25) is 9.36 Å². The van der Waals surface area contributed by atoms with Gasteiger partial charge in [0.2, 0.25) is 0 Å². The summed E-state index contributed by atoms with van der Waals surface area (Å²) in [5, 5.41) is 3.88. The number of aromatic amines is 1. The predicted octanol–water partition coefficient (Wildman–Crippen LogP) is 5.76. The van der Waals surface area contributed by atoms with E-state index >= 15 is 0 Å². The molecule has 188 valence electrons. The number of H-pyrrole nitrogens is 1. The van der Waals surface area contributed by atoms with Crippen molar-refractivity contribution in [1.82, 2.24) is 15.0 Å². The average Bonchev–Trinajstić information content (AvgIpc) is 3.25. The van der Waals surface area contributed by atoms with Gasteiger partial charge in [0, 0.05) is 16.5 Å². The summed E-state index contributed by atoms with van der Waals surface area (Å²) in [4.78, 5) is 43.7. The van der Waals surface area contributed by atoms with Crippen LogP contribution in [0.15, 0.2) is 66.7 Å². The molecule has 0 radical (unpaired) electrons. The molecule has 0 aliphatic carbocycles. The molecule has 2 heterocycles. The van der Waals surface area contributed by atoms with E-state index in [1.165, 1.54) is 0 Å². The number of aryl methyl sites for hydroxylation is 3. The van der Waals surface area contributed by atoms with E-state index in [0.29, 0.717) is 30.0 Å². The summed E-state index contributed by atoms with van der Waals surface area (Å²) in [6.07, 6.45) is 0.897. The molecule has 0 spiro atoms. The second kappa shape index (κ2) is 9.90. The minimum Gasteiger partial charge on any atom is -0.338 e. The molecule has 0 saturated carbocycles. The van der Waals surface area contributed by atoms with Crippen molar-refractivity contribution in [2.24, 2.45) is 0 Å². The van der Waals surface area contributed by atoms with Crippen molar-refractivity contribution in [1.29, 1.82) is 0 Å². The van der Waals surface area contributed by atoms with Crippen molar-refractivity contribution in [3.05, 3.63) is 89.0 Å². The second-order valence-corrected chi connectivity index (χ2v) is 11.0. The van der Waals surface area contributed by atoms with Gasteiger partial charge in [0.05, 0.1) is 22.7 Å². The van der Waals surface area contributed by atoms with E-state index in [1.807, 2.05) is 62.4 Å². The Labute approximate surface area is 214 Å². The molecule has 3 aromatic carbocycles. The van der Waals surface area contributed by atoms with Gasteiger partial charge >= 0.3 is 7.60 Å². The van der Waals surface area contributed by atoms with Crippen LogP contribution in [0.5, 0.6) is 0 Å². The lowest BCUT2D eigenvalue weighted by molar-refractivity contribution is 0.102. The number of imidazole rings is 1. The Bertz CT molecular complexity index is 1670. The standard InChI is InChI=1S/C28H27N4O4P/c1-17-14-19(6-5-13-37(34,35)36)15-18(2)26(17)27-30-23-11-9-21(16-24(23)31-27)28(33)32-25-12-10-20-7-3-4-8-22(20)29-25/h3-4,7-12,14-16H,5-6,13H2,1-2H3,(H,30,31)(H,29,32,33)(H2,34,35,36). The van der Waals surface area contributed by atoms with Gasteiger partial charge in [0.15, 0.2) is 0 Å². The summed E-state index contributed by atoms with van der Waals surface area (Å²) in [5.41, 5.74) is 6.85. The van der Waals surface area contributed by atoms with Crippen molar-refractivity contribution in [3.8, 4) is 11.4 Å². The first kappa shape index (κ1) is 24.8. The van der Waals surface area contributed by atoms with Gasteiger partial charge in [-0.05, 0) is 79.8 Å². The van der Waals surface area contributed by atoms with E-state index in [9.17, 15) is 9.36 Å². The summed E-state index contributed by atoms with van der Waals surface area (Å²) < 4.78 is 11.1. The zero-order valence-electron chi connectivity index (χ0n) is 20.5. The highest BCUT2D eigenvalue weighted by molar-refractivity contribution is 7.51. The zero-order chi connectivity index (χ0) is 26.2. The first-order valence-electron chi connectivity index (χ1n) is 12.0. The fourth-order valence-electron chi connectivity index (χ4n) is 4.65. The molecule has 0 unspecified atom stereocenters. The Morgan fingerprint density at radius 2 is 1.70 bits per heavy atom. The molecule has 0 fully saturated rings. The minimum absolute atomic E-state index is 0.122. The number of nitrogens with zero attached hydrogens (tertiary/aromatic N) is 2. The molecule has 2 aromatic heterocycles. The lowest BCUT2D eigenvalue weighted by Gasteiger charge is -2.11. The number of hydrogen-bond acceptors (Lipinski definition) is 4. The summed E-state index contributed by atoms with van der Waals surface area (Å²) in [6, 6.07) is 20.9. The predicted molar refractivity (Wildman–Crippen MR) is 146 cm³/mol. The first-order valence-corrected chi connectivity index (χ1v) is 13.8. The van der Waals surface area contributed by atoms with Crippen molar-refractivity contribution < 1.29 is 19.1 Å². The van der Waals surface area contributed by atoms with E-state index in [1.54, 1.807) is 18.2 Å². The molecule has 0 bridgehead atoms. The van der Waals surface area contributed by atoms with Crippen LogP contribution >= 0.6 is 7.60 Å². The third-order valence-corrected chi connectivity index (χ3v) is 7.23. The summed E-state index contributed by atoms with van der Waals surface area (Å²) in [7, 11) is -3.99. The Hall–Kier alpha value is -3.84. The van der Waals surface area contributed by atoms with Crippen LogP contribution in [0, 0.1) is 13.8 Å². The molecule has 5 rings (SSSR count). The lowest BCUT2D eigenvalue weighted by Crippen LogP contribution is -2.12. The molecule has 37 heavy (non-hydrogen) atoms. The van der Waals surface area contributed by atoms with Crippen LogP contribution in [-0.4, -0.2) is 36.8 Å². The molecule has 0 atom stereocenters. The molecule has 0 saturated heterocycles. The maximum absolute atomic E-state index is 12.9. The van der Waals surface area contributed by atoms with Gasteiger partial charge in [-0.1, -0.05) is 30.3 Å². The number of carbonyl (C=O) groups is 1. The lowest BCUT2D eigenvalue weighted by atomic mass is 9.97. The first-order chi connectivity index (χ1) is 17.7. The van der Waals surface area contributed by atoms with Crippen LogP contribution in [0.1, 0.15) is 33.5 Å². The topological polar surface area (TPSA) is 128 Å². The number of para-hydroxylation sites is 1. The Morgan fingerprint density at radius 1 is 0.946 bits per heavy atom. The number of anilines is 1. The largest absolute Gasteiger partial charge is 0.338 e. The van der Waals surface area contributed by atoms with Crippen LogP contribution in [0.4, 0.5) is 5.82 Å². The quantitative estimate of drug-likeness (QED) is 0.205. The van der Waals surface area contributed by atoms with E-state index in [-0.39, 0.29) is 12.1 Å². The third kappa shape index (κ3) is 5.62. The van der Waals surface area contributed by atoms with Gasteiger partial charge in [0.25, 0.3) is 5.91 Å². The molecule has 5 aromatic rings. The number of nitrogens with one attached hydrogen (secondary N) is 2. The van der Waals surface area contributed by atoms with E-state index in [2.05, 4.69) is 15.3 Å². The van der Waals surface area contributed by atoms with Gasteiger partial charge < -0.3 is 20.1 Å². The number of amides is 1. The Kier molecular flexibility index (Phi) is 6.65. The fraction of sp³-hybridized carbons (Fsp3) is 0.179. The molecule has 0 aliphatic heterocycles. The fourth-order valence-corrected chi connectivity index (χ4v) is 5.22. The molecular weight excluding hydrogens is 487 g/mol. The van der Waals surface area contributed by atoms with Crippen LogP contribution in [-0.2, 0) is 11.0 Å². The average molecular weight is 515 g/mol. The van der Waals surface area contributed by atoms with Gasteiger partial charge in [-0.2, -0.15) is 0 Å². The minimum atomic E-state index is -3.99. The van der Waals surface area contributed by atoms with E-state index < -0.39 is 7.60 Å². The number of rotatable bonds is 7. The molecule has 4 N–H and O–H groups in total. The van der Waals surface area contributed by atoms with Crippen LogP contribution in [0.3, 0.4) is 0 Å². The van der Waals surface area contributed by atoms with Crippen LogP contribution < -0.4 is 5.32 Å². The van der Waals surface area contributed by atoms with Crippen LogP contribution in [0.2, 0.25) is 0 Å². The zero-order valence-corrected chi connectivity index (χ0v) is 21.4. The highest BCUT2D eigenvalue weighted by atomic mass is 31.2. The molecular formula is C28H27N4O4P. The van der Waals surface area contributed by atoms with E-state index in [0.717, 1.165) is 44.2 Å². The molecule has 9 heteroatoms. The van der Waals surface area contributed by atoms with Crippen molar-refractivity contribution >= 4 is 41.3 Å². The van der Waals surface area contributed by atoms with Gasteiger partial charge in [0.1, 0.15) is 11.6 Å². The third-order valence-electron chi connectivity index (χ3n) is 6.33. The van der Waals surface area contributed by atoms with Crippen molar-refractivity contribution in [2.45, 2.75) is 26.7 Å². The van der Waals surface area contributed by atoms with Crippen molar-refractivity contribution in [2.75, 3.05) is 11.5 Å². The highest BCUT2D eigenvalue weighted by Crippen LogP contribution is 2.36. The monoisotopic (exact) mass is 514 g/mol. The Balaban J connectivity index is 1.37. The van der Waals surface area contributed by atoms with Gasteiger partial charge in [-0.25, -0.2) is 9.97 Å². The SMILES string of the molecule is Cc1cc(CCCP(=O)(O)O)cc(C)c1-c1nc2ccc(C(=O)Nc3ccc4ccccc4n3)cc2[nH]1. The van der Waals surface area contributed by atoms with E-state index in [4.69, 9.17) is 14.8 Å². The smallest absolute Gasteiger partial charge is 0.325 e. The summed E-state index contributed by atoms with van der Waals surface area (Å²) in [5.74, 6) is 0.939. The number of pyridine rings is 1. The maximum Gasteiger partial charge on any atom is 0.325 e. The normalized spacial score (nSPS) is 11.8.